The summed E-state index contributed by atoms with van der Waals surface area (Å²) in [5.74, 6) is -0.866. The SMILES string of the molecule is COc1ccccc1CNC(=O)c1ccccc1NC(=O)[C@H]1CC(=O)N(c2cccc(Cl)c2Cl)C1. The Morgan fingerprint density at radius 1 is 1.03 bits per heavy atom. The van der Waals surface area contributed by atoms with Crippen molar-refractivity contribution in [2.75, 3.05) is 23.9 Å². The normalized spacial score (nSPS) is 15.1. The van der Waals surface area contributed by atoms with Crippen molar-refractivity contribution < 1.29 is 19.1 Å². The minimum atomic E-state index is -0.609. The van der Waals surface area contributed by atoms with Crippen molar-refractivity contribution >= 4 is 52.3 Å². The lowest BCUT2D eigenvalue weighted by atomic mass is 10.1. The standard InChI is InChI=1S/C26H23Cl2N3O4/c1-35-22-12-5-2-7-16(22)14-29-26(34)18-8-3-4-10-20(18)30-25(33)17-13-23(32)31(15-17)21-11-6-9-19(27)24(21)28/h2-12,17H,13-15H2,1H3,(H,29,34)(H,30,33)/t17-/m0/s1. The maximum absolute atomic E-state index is 13.0. The van der Waals surface area contributed by atoms with Gasteiger partial charge in [0.15, 0.2) is 0 Å². The molecule has 1 saturated heterocycles. The third-order valence-corrected chi connectivity index (χ3v) is 6.59. The van der Waals surface area contributed by atoms with Gasteiger partial charge in [-0.1, -0.05) is 59.6 Å². The number of anilines is 2. The summed E-state index contributed by atoms with van der Waals surface area (Å²) in [4.78, 5) is 40.0. The molecule has 0 saturated carbocycles. The van der Waals surface area contributed by atoms with E-state index in [-0.39, 0.29) is 42.3 Å². The van der Waals surface area contributed by atoms with Gasteiger partial charge in [0.05, 0.1) is 40.0 Å². The minimum absolute atomic E-state index is 0.0246. The van der Waals surface area contributed by atoms with E-state index in [4.69, 9.17) is 27.9 Å². The second-order valence-corrected chi connectivity index (χ2v) is 8.79. The quantitative estimate of drug-likeness (QED) is 0.471. The van der Waals surface area contributed by atoms with Crippen LogP contribution in [-0.4, -0.2) is 31.4 Å². The van der Waals surface area contributed by atoms with E-state index in [9.17, 15) is 14.4 Å². The van der Waals surface area contributed by atoms with Crippen LogP contribution in [-0.2, 0) is 16.1 Å². The molecule has 0 radical (unpaired) electrons. The Balaban J connectivity index is 1.44. The number of hydrogen-bond acceptors (Lipinski definition) is 4. The average Bonchev–Trinajstić information content (AvgIpc) is 3.26. The number of ether oxygens (including phenoxy) is 1. The van der Waals surface area contributed by atoms with Crippen LogP contribution in [0.15, 0.2) is 66.7 Å². The van der Waals surface area contributed by atoms with Gasteiger partial charge in [0.1, 0.15) is 5.75 Å². The number of hydrogen-bond donors (Lipinski definition) is 2. The molecule has 0 aromatic heterocycles. The maximum Gasteiger partial charge on any atom is 0.253 e. The van der Waals surface area contributed by atoms with E-state index in [0.29, 0.717) is 27.7 Å². The van der Waals surface area contributed by atoms with E-state index in [1.54, 1.807) is 49.6 Å². The van der Waals surface area contributed by atoms with Gasteiger partial charge < -0.3 is 20.3 Å². The summed E-state index contributed by atoms with van der Waals surface area (Å²) >= 11 is 12.3. The number of halogens is 2. The van der Waals surface area contributed by atoms with Crippen molar-refractivity contribution in [3.8, 4) is 5.75 Å². The lowest BCUT2D eigenvalue weighted by Gasteiger charge is -2.19. The highest BCUT2D eigenvalue weighted by Gasteiger charge is 2.36. The first-order chi connectivity index (χ1) is 16.9. The van der Waals surface area contributed by atoms with E-state index < -0.39 is 5.92 Å². The largest absolute Gasteiger partial charge is 0.496 e. The van der Waals surface area contributed by atoms with E-state index in [2.05, 4.69) is 10.6 Å². The van der Waals surface area contributed by atoms with Gasteiger partial charge in [-0.25, -0.2) is 0 Å². The summed E-state index contributed by atoms with van der Waals surface area (Å²) in [6.45, 7) is 0.421. The van der Waals surface area contributed by atoms with Crippen molar-refractivity contribution in [3.05, 3.63) is 87.9 Å². The number of rotatable bonds is 7. The number of nitrogens with zero attached hydrogens (tertiary/aromatic N) is 1. The molecular weight excluding hydrogens is 489 g/mol. The smallest absolute Gasteiger partial charge is 0.253 e. The summed E-state index contributed by atoms with van der Waals surface area (Å²) < 4.78 is 5.32. The van der Waals surface area contributed by atoms with Crippen LogP contribution in [0.5, 0.6) is 5.75 Å². The monoisotopic (exact) mass is 511 g/mol. The van der Waals surface area contributed by atoms with Crippen LogP contribution in [0.2, 0.25) is 10.0 Å². The van der Waals surface area contributed by atoms with Crippen LogP contribution < -0.4 is 20.3 Å². The highest BCUT2D eigenvalue weighted by molar-refractivity contribution is 6.44. The third-order valence-electron chi connectivity index (χ3n) is 5.78. The van der Waals surface area contributed by atoms with Gasteiger partial charge in [-0.15, -0.1) is 0 Å². The zero-order chi connectivity index (χ0) is 24.9. The Kier molecular flexibility index (Phi) is 7.58. The average molecular weight is 512 g/mol. The van der Waals surface area contributed by atoms with Crippen LogP contribution in [0.1, 0.15) is 22.3 Å². The predicted molar refractivity (Wildman–Crippen MR) is 136 cm³/mol. The highest BCUT2D eigenvalue weighted by Crippen LogP contribution is 2.36. The van der Waals surface area contributed by atoms with Crippen molar-refractivity contribution in [2.45, 2.75) is 13.0 Å². The first-order valence-corrected chi connectivity index (χ1v) is 11.7. The fraction of sp³-hybridized carbons (Fsp3) is 0.192. The molecule has 1 aliphatic heterocycles. The fourth-order valence-electron chi connectivity index (χ4n) is 3.96. The molecule has 9 heteroatoms. The fourth-order valence-corrected chi connectivity index (χ4v) is 4.36. The lowest BCUT2D eigenvalue weighted by molar-refractivity contribution is -0.122. The van der Waals surface area contributed by atoms with Gasteiger partial charge in [0.25, 0.3) is 5.91 Å². The topological polar surface area (TPSA) is 87.7 Å². The molecule has 3 aromatic carbocycles. The molecule has 1 atom stereocenters. The Hall–Kier alpha value is -3.55. The van der Waals surface area contributed by atoms with Crippen molar-refractivity contribution in [3.63, 3.8) is 0 Å². The summed E-state index contributed by atoms with van der Waals surface area (Å²) in [6.07, 6.45) is 0.0246. The van der Waals surface area contributed by atoms with Gasteiger partial charge in [-0.05, 0) is 30.3 Å². The number of benzene rings is 3. The molecule has 1 fully saturated rings. The molecule has 180 valence electrons. The molecule has 3 amide bonds. The Labute approximate surface area is 213 Å². The van der Waals surface area contributed by atoms with Crippen LogP contribution in [0.3, 0.4) is 0 Å². The molecule has 7 nitrogen and oxygen atoms in total. The zero-order valence-electron chi connectivity index (χ0n) is 18.9. The van der Waals surface area contributed by atoms with E-state index in [1.165, 1.54) is 4.90 Å². The van der Waals surface area contributed by atoms with Crippen LogP contribution in [0.4, 0.5) is 11.4 Å². The molecule has 1 heterocycles. The number of carbonyl (C=O) groups excluding carboxylic acids is 3. The summed E-state index contributed by atoms with van der Waals surface area (Å²) in [6, 6.07) is 19.1. The molecule has 4 rings (SSSR count). The Bertz CT molecular complexity index is 1280. The number of carbonyl (C=O) groups is 3. The summed E-state index contributed by atoms with van der Waals surface area (Å²) in [7, 11) is 1.57. The number of para-hydroxylation sites is 2. The minimum Gasteiger partial charge on any atom is -0.496 e. The Morgan fingerprint density at radius 2 is 1.77 bits per heavy atom. The number of amides is 3. The van der Waals surface area contributed by atoms with Crippen LogP contribution in [0, 0.1) is 5.92 Å². The van der Waals surface area contributed by atoms with Crippen molar-refractivity contribution in [2.24, 2.45) is 5.92 Å². The highest BCUT2D eigenvalue weighted by atomic mass is 35.5. The third kappa shape index (κ3) is 5.42. The van der Waals surface area contributed by atoms with E-state index in [0.717, 1.165) is 5.56 Å². The molecular formula is C26H23Cl2N3O4. The molecule has 3 aromatic rings. The molecule has 1 aliphatic rings. The van der Waals surface area contributed by atoms with Gasteiger partial charge in [-0.2, -0.15) is 0 Å². The summed E-state index contributed by atoms with van der Waals surface area (Å²) in [5.41, 5.74) is 1.97. The van der Waals surface area contributed by atoms with Gasteiger partial charge in [-0.3, -0.25) is 14.4 Å². The van der Waals surface area contributed by atoms with Crippen molar-refractivity contribution in [1.82, 2.24) is 5.32 Å². The van der Waals surface area contributed by atoms with E-state index >= 15 is 0 Å². The molecule has 2 N–H and O–H groups in total. The van der Waals surface area contributed by atoms with Gasteiger partial charge in [0, 0.05) is 25.1 Å². The van der Waals surface area contributed by atoms with Crippen molar-refractivity contribution in [1.29, 1.82) is 0 Å². The molecule has 0 aliphatic carbocycles. The molecule has 0 unspecified atom stereocenters. The van der Waals surface area contributed by atoms with E-state index in [1.807, 2.05) is 24.3 Å². The second-order valence-electron chi connectivity index (χ2n) is 8.01. The maximum atomic E-state index is 13.0. The van der Waals surface area contributed by atoms with Gasteiger partial charge in [0.2, 0.25) is 11.8 Å². The first-order valence-electron chi connectivity index (χ1n) is 10.9. The Morgan fingerprint density at radius 3 is 2.57 bits per heavy atom. The predicted octanol–water partition coefficient (Wildman–Crippen LogP) is 4.92. The summed E-state index contributed by atoms with van der Waals surface area (Å²) in [5, 5.41) is 6.27. The van der Waals surface area contributed by atoms with Crippen LogP contribution >= 0.6 is 23.2 Å². The number of nitrogens with one attached hydrogen (secondary N) is 2. The molecule has 35 heavy (non-hydrogen) atoms. The van der Waals surface area contributed by atoms with Gasteiger partial charge >= 0.3 is 0 Å². The number of methoxy groups -OCH3 is 1. The molecule has 0 spiro atoms. The molecule has 0 bridgehead atoms. The zero-order valence-corrected chi connectivity index (χ0v) is 20.4. The lowest BCUT2D eigenvalue weighted by Crippen LogP contribution is -2.29. The first kappa shape index (κ1) is 24.6. The van der Waals surface area contributed by atoms with Crippen LogP contribution in [0.25, 0.3) is 0 Å². The second kappa shape index (κ2) is 10.8.